The first-order chi connectivity index (χ1) is 13.8. The Morgan fingerprint density at radius 3 is 2.55 bits per heavy atom. The second kappa shape index (κ2) is 7.44. The summed E-state index contributed by atoms with van der Waals surface area (Å²) in [5.74, 6) is 0.520. The van der Waals surface area contributed by atoms with Gasteiger partial charge in [0.25, 0.3) is 5.56 Å². The molecule has 0 bridgehead atoms. The third-order valence-electron chi connectivity index (χ3n) is 5.00. The molecular formula is C21H19F3N4O. The fraction of sp³-hybridized carbons (Fsp3) is 0.286. The van der Waals surface area contributed by atoms with Gasteiger partial charge in [-0.25, -0.2) is 4.98 Å². The Morgan fingerprint density at radius 1 is 1.14 bits per heavy atom. The Hall–Kier alpha value is -3.00. The molecule has 8 heteroatoms. The van der Waals surface area contributed by atoms with Gasteiger partial charge in [0.05, 0.1) is 5.69 Å². The van der Waals surface area contributed by atoms with Crippen molar-refractivity contribution in [2.24, 2.45) is 0 Å². The lowest BCUT2D eigenvalue weighted by atomic mass is 10.0. The van der Waals surface area contributed by atoms with E-state index in [0.717, 1.165) is 17.2 Å². The molecule has 5 nitrogen and oxygen atoms in total. The minimum atomic E-state index is -4.44. The maximum Gasteiger partial charge on any atom is 0.433 e. The average molecular weight is 400 g/mol. The fourth-order valence-electron chi connectivity index (χ4n) is 3.42. The Balaban J connectivity index is 1.54. The van der Waals surface area contributed by atoms with E-state index in [9.17, 15) is 18.0 Å². The first kappa shape index (κ1) is 19.3. The van der Waals surface area contributed by atoms with Crippen molar-refractivity contribution in [1.82, 2.24) is 19.9 Å². The minimum Gasteiger partial charge on any atom is -0.306 e. The molecule has 0 fully saturated rings. The third-order valence-corrected chi connectivity index (χ3v) is 5.00. The largest absolute Gasteiger partial charge is 0.433 e. The summed E-state index contributed by atoms with van der Waals surface area (Å²) in [4.78, 5) is 25.6. The molecule has 1 aliphatic heterocycles. The van der Waals surface area contributed by atoms with Crippen LogP contribution in [0.15, 0.2) is 47.4 Å². The quantitative estimate of drug-likeness (QED) is 0.728. The van der Waals surface area contributed by atoms with E-state index < -0.39 is 11.9 Å². The lowest BCUT2D eigenvalue weighted by molar-refractivity contribution is -0.141. The molecule has 4 rings (SSSR count). The summed E-state index contributed by atoms with van der Waals surface area (Å²) in [6.07, 6.45) is -2.65. The van der Waals surface area contributed by atoms with Crippen molar-refractivity contribution in [2.75, 3.05) is 6.54 Å². The normalized spacial score (nSPS) is 14.6. The molecule has 0 saturated heterocycles. The summed E-state index contributed by atoms with van der Waals surface area (Å²) in [7, 11) is 0. The summed E-state index contributed by atoms with van der Waals surface area (Å²) in [6.45, 7) is 3.52. The SMILES string of the molecule is Cc1ccc(-c2nc3c(c(=O)[nH]2)CCN(Cc2ccc(C(F)(F)F)nc2)C3)cc1. The highest BCUT2D eigenvalue weighted by Gasteiger charge is 2.32. The van der Waals surface area contributed by atoms with E-state index in [1.165, 1.54) is 12.3 Å². The summed E-state index contributed by atoms with van der Waals surface area (Å²) in [5, 5.41) is 0. The number of pyridine rings is 1. The highest BCUT2D eigenvalue weighted by molar-refractivity contribution is 5.55. The topological polar surface area (TPSA) is 61.9 Å². The first-order valence-electron chi connectivity index (χ1n) is 9.23. The van der Waals surface area contributed by atoms with Crippen molar-refractivity contribution >= 4 is 0 Å². The van der Waals surface area contributed by atoms with Gasteiger partial charge in [-0.2, -0.15) is 13.2 Å². The molecule has 0 amide bonds. The number of nitrogens with zero attached hydrogens (tertiary/aromatic N) is 3. The minimum absolute atomic E-state index is 0.138. The van der Waals surface area contributed by atoms with Gasteiger partial charge in [-0.05, 0) is 25.0 Å². The molecular weight excluding hydrogens is 381 g/mol. The van der Waals surface area contributed by atoms with E-state index in [2.05, 4.69) is 19.9 Å². The van der Waals surface area contributed by atoms with Crippen LogP contribution < -0.4 is 5.56 Å². The van der Waals surface area contributed by atoms with Crippen molar-refractivity contribution in [2.45, 2.75) is 32.6 Å². The molecule has 29 heavy (non-hydrogen) atoms. The number of H-pyrrole nitrogens is 1. The number of halogens is 3. The molecule has 0 saturated carbocycles. The third kappa shape index (κ3) is 4.22. The number of aromatic amines is 1. The maximum absolute atomic E-state index is 12.7. The zero-order valence-corrected chi connectivity index (χ0v) is 15.8. The molecule has 0 unspecified atom stereocenters. The summed E-state index contributed by atoms with van der Waals surface area (Å²) in [5.41, 5.74) is 2.97. The van der Waals surface area contributed by atoms with E-state index >= 15 is 0 Å². The number of fused-ring (bicyclic) bond motifs is 1. The van der Waals surface area contributed by atoms with Crippen molar-refractivity contribution in [3.05, 3.63) is 81.0 Å². The van der Waals surface area contributed by atoms with E-state index in [1.807, 2.05) is 31.2 Å². The van der Waals surface area contributed by atoms with Crippen LogP contribution in [0.3, 0.4) is 0 Å². The van der Waals surface area contributed by atoms with Crippen molar-refractivity contribution in [3.8, 4) is 11.4 Å². The monoisotopic (exact) mass is 400 g/mol. The van der Waals surface area contributed by atoms with Gasteiger partial charge in [-0.15, -0.1) is 0 Å². The molecule has 0 radical (unpaired) electrons. The highest BCUT2D eigenvalue weighted by atomic mass is 19.4. The molecule has 3 heterocycles. The van der Waals surface area contributed by atoms with Crippen molar-refractivity contribution in [1.29, 1.82) is 0 Å². The Labute approximate surface area is 165 Å². The number of nitrogens with one attached hydrogen (secondary N) is 1. The van der Waals surface area contributed by atoms with Gasteiger partial charge in [0.1, 0.15) is 11.5 Å². The predicted molar refractivity (Wildman–Crippen MR) is 102 cm³/mol. The van der Waals surface area contributed by atoms with E-state index in [1.54, 1.807) is 0 Å². The van der Waals surface area contributed by atoms with Gasteiger partial charge in [0.15, 0.2) is 0 Å². The van der Waals surface area contributed by atoms with Crippen LogP contribution in [-0.4, -0.2) is 26.4 Å². The number of benzene rings is 1. The number of aryl methyl sites for hydroxylation is 1. The molecule has 0 atom stereocenters. The average Bonchev–Trinajstić information content (AvgIpc) is 2.68. The fourth-order valence-corrected chi connectivity index (χ4v) is 3.42. The van der Waals surface area contributed by atoms with Crippen LogP contribution in [-0.2, 0) is 25.7 Å². The van der Waals surface area contributed by atoms with E-state index in [-0.39, 0.29) is 5.56 Å². The predicted octanol–water partition coefficient (Wildman–Crippen LogP) is 3.72. The summed E-state index contributed by atoms with van der Waals surface area (Å²) < 4.78 is 38.0. The second-order valence-electron chi connectivity index (χ2n) is 7.22. The van der Waals surface area contributed by atoms with Crippen LogP contribution in [0, 0.1) is 6.92 Å². The molecule has 0 spiro atoms. The van der Waals surface area contributed by atoms with Gasteiger partial charge >= 0.3 is 6.18 Å². The molecule has 0 aliphatic carbocycles. The van der Waals surface area contributed by atoms with Crippen LogP contribution in [0.5, 0.6) is 0 Å². The number of aromatic nitrogens is 3. The second-order valence-corrected chi connectivity index (χ2v) is 7.22. The number of hydrogen-bond donors (Lipinski definition) is 1. The standard InChI is InChI=1S/C21H19F3N4O/c1-13-2-5-15(6-3-13)19-26-17-12-28(9-8-16(17)20(29)27-19)11-14-4-7-18(25-10-14)21(22,23)24/h2-7,10H,8-9,11-12H2,1H3,(H,26,27,29). The van der Waals surface area contributed by atoms with Crippen molar-refractivity contribution < 1.29 is 13.2 Å². The summed E-state index contributed by atoms with van der Waals surface area (Å²) >= 11 is 0. The Morgan fingerprint density at radius 2 is 1.90 bits per heavy atom. The van der Waals surface area contributed by atoms with Gasteiger partial charge in [0.2, 0.25) is 0 Å². The smallest absolute Gasteiger partial charge is 0.306 e. The number of alkyl halides is 3. The van der Waals surface area contributed by atoms with E-state index in [0.29, 0.717) is 48.7 Å². The molecule has 3 aromatic rings. The zero-order valence-electron chi connectivity index (χ0n) is 15.8. The van der Waals surface area contributed by atoms with Crippen LogP contribution in [0.25, 0.3) is 11.4 Å². The molecule has 1 aliphatic rings. The lowest BCUT2D eigenvalue weighted by Gasteiger charge is -2.27. The van der Waals surface area contributed by atoms with Crippen LogP contribution in [0.2, 0.25) is 0 Å². The lowest BCUT2D eigenvalue weighted by Crippen LogP contribution is -2.35. The maximum atomic E-state index is 12.7. The highest BCUT2D eigenvalue weighted by Crippen LogP contribution is 2.27. The number of hydrogen-bond acceptors (Lipinski definition) is 4. The van der Waals surface area contributed by atoms with Gasteiger partial charge in [-0.3, -0.25) is 14.7 Å². The Kier molecular flexibility index (Phi) is 4.96. The summed E-state index contributed by atoms with van der Waals surface area (Å²) in [6, 6.07) is 10.2. The van der Waals surface area contributed by atoms with Gasteiger partial charge in [0, 0.05) is 37.0 Å². The van der Waals surface area contributed by atoms with Crippen molar-refractivity contribution in [3.63, 3.8) is 0 Å². The molecule has 150 valence electrons. The molecule has 1 aromatic carbocycles. The Bertz CT molecular complexity index is 1070. The van der Waals surface area contributed by atoms with Gasteiger partial charge < -0.3 is 4.98 Å². The van der Waals surface area contributed by atoms with Crippen LogP contribution in [0.4, 0.5) is 13.2 Å². The zero-order chi connectivity index (χ0) is 20.6. The van der Waals surface area contributed by atoms with E-state index in [4.69, 9.17) is 0 Å². The molecule has 1 N–H and O–H groups in total. The first-order valence-corrected chi connectivity index (χ1v) is 9.23. The van der Waals surface area contributed by atoms with Crippen LogP contribution >= 0.6 is 0 Å². The van der Waals surface area contributed by atoms with Gasteiger partial charge in [-0.1, -0.05) is 35.9 Å². The molecule has 2 aromatic heterocycles. The van der Waals surface area contributed by atoms with Crippen LogP contribution in [0.1, 0.15) is 28.1 Å². The number of rotatable bonds is 3.